The zero-order valence-electron chi connectivity index (χ0n) is 9.92. The maximum absolute atomic E-state index is 5.23. The highest BCUT2D eigenvalue weighted by molar-refractivity contribution is 7.71. The molecule has 1 heterocycles. The summed E-state index contributed by atoms with van der Waals surface area (Å²) in [5.74, 6) is 0.996. The second-order valence-corrected chi connectivity index (χ2v) is 4.39. The number of rotatable bonds is 4. The van der Waals surface area contributed by atoms with Crippen LogP contribution in [0.2, 0.25) is 0 Å². The number of nitrogens with zero attached hydrogens (tertiary/aromatic N) is 2. The molecule has 0 aromatic carbocycles. The molecule has 1 rings (SSSR count). The van der Waals surface area contributed by atoms with Gasteiger partial charge in [0.2, 0.25) is 0 Å². The van der Waals surface area contributed by atoms with Gasteiger partial charge in [0.25, 0.3) is 0 Å². The van der Waals surface area contributed by atoms with Crippen molar-refractivity contribution in [3.8, 4) is 0 Å². The topological polar surface area (TPSA) is 31.9 Å². The molecule has 0 saturated heterocycles. The van der Waals surface area contributed by atoms with Crippen molar-refractivity contribution < 1.29 is 0 Å². The van der Waals surface area contributed by atoms with E-state index in [9.17, 15) is 0 Å². The Balaban J connectivity index is 2.91. The monoisotopic (exact) mass is 225 g/mol. The van der Waals surface area contributed by atoms with E-state index in [1.165, 1.54) is 5.69 Å². The summed E-state index contributed by atoms with van der Waals surface area (Å²) in [7, 11) is 4.12. The zero-order chi connectivity index (χ0) is 11.4. The number of H-pyrrole nitrogens is 1. The van der Waals surface area contributed by atoms with Crippen LogP contribution in [0.1, 0.15) is 24.0 Å². The normalized spacial score (nSPS) is 11.0. The van der Waals surface area contributed by atoms with Crippen molar-refractivity contribution in [3.05, 3.63) is 21.7 Å². The van der Waals surface area contributed by atoms with Crippen molar-refractivity contribution in [2.45, 2.75) is 26.7 Å². The molecule has 0 saturated carbocycles. The van der Waals surface area contributed by atoms with Gasteiger partial charge in [0.05, 0.1) is 0 Å². The molecular formula is C11H19N3S. The summed E-state index contributed by atoms with van der Waals surface area (Å²) in [5, 5.41) is 0. The van der Waals surface area contributed by atoms with Crippen LogP contribution in [0.15, 0.2) is 0 Å². The lowest BCUT2D eigenvalue weighted by Gasteiger charge is -2.11. The Kier molecular flexibility index (Phi) is 4.42. The second-order valence-electron chi connectivity index (χ2n) is 4.00. The van der Waals surface area contributed by atoms with Gasteiger partial charge in [-0.05, 0) is 27.4 Å². The quantitative estimate of drug-likeness (QED) is 0.797. The van der Waals surface area contributed by atoms with Gasteiger partial charge < -0.3 is 9.88 Å². The highest BCUT2D eigenvalue weighted by atomic mass is 32.1. The van der Waals surface area contributed by atoms with E-state index < -0.39 is 0 Å². The van der Waals surface area contributed by atoms with Gasteiger partial charge in [0.1, 0.15) is 10.5 Å². The van der Waals surface area contributed by atoms with Gasteiger partial charge in [-0.2, -0.15) is 0 Å². The van der Waals surface area contributed by atoms with Crippen LogP contribution in [0.25, 0.3) is 0 Å². The van der Waals surface area contributed by atoms with Gasteiger partial charge >= 0.3 is 0 Å². The van der Waals surface area contributed by atoms with E-state index in [1.807, 2.05) is 6.92 Å². The number of hydrogen-bond acceptors (Lipinski definition) is 3. The molecule has 0 amide bonds. The average molecular weight is 225 g/mol. The Hall–Kier alpha value is -0.740. The fourth-order valence-electron chi connectivity index (χ4n) is 1.43. The molecule has 3 nitrogen and oxygen atoms in total. The summed E-state index contributed by atoms with van der Waals surface area (Å²) in [4.78, 5) is 9.88. The Morgan fingerprint density at radius 2 is 2.07 bits per heavy atom. The highest BCUT2D eigenvalue weighted by Crippen LogP contribution is 2.07. The molecule has 0 aliphatic rings. The minimum Gasteiger partial charge on any atom is -0.347 e. The van der Waals surface area contributed by atoms with Gasteiger partial charge in [-0.15, -0.1) is 0 Å². The fourth-order valence-corrected chi connectivity index (χ4v) is 1.67. The maximum Gasteiger partial charge on any atom is 0.132 e. The third-order valence-electron chi connectivity index (χ3n) is 2.45. The van der Waals surface area contributed by atoms with Crippen LogP contribution in [0, 0.1) is 11.6 Å². The molecule has 1 N–H and O–H groups in total. The molecule has 1 aromatic rings. The lowest BCUT2D eigenvalue weighted by atomic mass is 10.2. The predicted molar refractivity (Wildman–Crippen MR) is 65.8 cm³/mol. The van der Waals surface area contributed by atoms with E-state index in [4.69, 9.17) is 12.2 Å². The van der Waals surface area contributed by atoms with Crippen LogP contribution >= 0.6 is 12.2 Å². The minimum atomic E-state index is 0.736. The Labute approximate surface area is 96.5 Å². The lowest BCUT2D eigenvalue weighted by molar-refractivity contribution is 0.409. The molecule has 84 valence electrons. The molecule has 4 heteroatoms. The third kappa shape index (κ3) is 3.39. The van der Waals surface area contributed by atoms with Crippen molar-refractivity contribution in [2.75, 3.05) is 20.6 Å². The van der Waals surface area contributed by atoms with Crippen LogP contribution in [-0.2, 0) is 12.8 Å². The molecule has 0 spiro atoms. The van der Waals surface area contributed by atoms with Gasteiger partial charge in [-0.25, -0.2) is 4.98 Å². The first-order chi connectivity index (χ1) is 7.04. The van der Waals surface area contributed by atoms with Crippen molar-refractivity contribution in [2.24, 2.45) is 0 Å². The van der Waals surface area contributed by atoms with E-state index in [0.717, 1.165) is 35.4 Å². The summed E-state index contributed by atoms with van der Waals surface area (Å²) in [6.45, 7) is 5.15. The van der Waals surface area contributed by atoms with Gasteiger partial charge in [-0.3, -0.25) is 0 Å². The van der Waals surface area contributed by atoms with E-state index >= 15 is 0 Å². The van der Waals surface area contributed by atoms with Crippen LogP contribution < -0.4 is 0 Å². The molecule has 1 aromatic heterocycles. The zero-order valence-corrected chi connectivity index (χ0v) is 10.7. The summed E-state index contributed by atoms with van der Waals surface area (Å²) in [6, 6.07) is 0. The largest absolute Gasteiger partial charge is 0.347 e. The third-order valence-corrected chi connectivity index (χ3v) is 2.85. The number of nitrogens with one attached hydrogen (secondary N) is 1. The molecule has 0 fully saturated rings. The summed E-state index contributed by atoms with van der Waals surface area (Å²) >= 11 is 5.23. The van der Waals surface area contributed by atoms with E-state index in [-0.39, 0.29) is 0 Å². The standard InChI is InChI=1S/C11H19N3S/c1-5-9-8(2)11(15)13-10(12-9)6-7-14(3)4/h5-7H2,1-4H3,(H,12,13,15). The first-order valence-corrected chi connectivity index (χ1v) is 5.68. The second kappa shape index (κ2) is 5.37. The molecule has 0 aliphatic carbocycles. The van der Waals surface area contributed by atoms with Gasteiger partial charge in [0.15, 0.2) is 0 Å². The number of hydrogen-bond donors (Lipinski definition) is 1. The first-order valence-electron chi connectivity index (χ1n) is 5.28. The van der Waals surface area contributed by atoms with Crippen molar-refractivity contribution in [1.29, 1.82) is 0 Å². The molecule has 0 aliphatic heterocycles. The van der Waals surface area contributed by atoms with Crippen molar-refractivity contribution in [3.63, 3.8) is 0 Å². The molecule has 0 unspecified atom stereocenters. The lowest BCUT2D eigenvalue weighted by Crippen LogP contribution is -2.17. The predicted octanol–water partition coefficient (Wildman–Crippen LogP) is 2.11. The maximum atomic E-state index is 5.23. The summed E-state index contributed by atoms with van der Waals surface area (Å²) < 4.78 is 0.736. The Morgan fingerprint density at radius 3 is 2.60 bits per heavy atom. The fraction of sp³-hybridized carbons (Fsp3) is 0.636. The SMILES string of the molecule is CCc1[nH]c(CCN(C)C)nc(=S)c1C. The van der Waals surface area contributed by atoms with Crippen LogP contribution in [-0.4, -0.2) is 35.5 Å². The average Bonchev–Trinajstić information content (AvgIpc) is 2.19. The molecule has 0 bridgehead atoms. The smallest absolute Gasteiger partial charge is 0.132 e. The summed E-state index contributed by atoms with van der Waals surface area (Å²) in [5.41, 5.74) is 2.32. The summed E-state index contributed by atoms with van der Waals surface area (Å²) in [6.07, 6.45) is 1.90. The molecule has 0 atom stereocenters. The van der Waals surface area contributed by atoms with Crippen LogP contribution in [0.4, 0.5) is 0 Å². The molecular weight excluding hydrogens is 206 g/mol. The Morgan fingerprint density at radius 1 is 1.40 bits per heavy atom. The van der Waals surface area contributed by atoms with Crippen LogP contribution in [0.3, 0.4) is 0 Å². The Bertz CT molecular complexity index is 382. The van der Waals surface area contributed by atoms with Gasteiger partial charge in [-0.1, -0.05) is 19.1 Å². The highest BCUT2D eigenvalue weighted by Gasteiger charge is 2.03. The molecule has 15 heavy (non-hydrogen) atoms. The van der Waals surface area contributed by atoms with Crippen molar-refractivity contribution >= 4 is 12.2 Å². The first kappa shape index (κ1) is 12.3. The van der Waals surface area contributed by atoms with Gasteiger partial charge in [0, 0.05) is 24.2 Å². The minimum absolute atomic E-state index is 0.736. The van der Waals surface area contributed by atoms with E-state index in [1.54, 1.807) is 0 Å². The number of aromatic amines is 1. The number of aromatic nitrogens is 2. The van der Waals surface area contributed by atoms with E-state index in [0.29, 0.717) is 0 Å². The number of aryl methyl sites for hydroxylation is 1. The molecule has 0 radical (unpaired) electrons. The number of likely N-dealkylation sites (N-methyl/N-ethyl adjacent to an activating group) is 1. The van der Waals surface area contributed by atoms with Crippen molar-refractivity contribution in [1.82, 2.24) is 14.9 Å². The van der Waals surface area contributed by atoms with Crippen LogP contribution in [0.5, 0.6) is 0 Å². The van der Waals surface area contributed by atoms with E-state index in [2.05, 4.69) is 35.9 Å².